The molecule has 0 fully saturated rings. The van der Waals surface area contributed by atoms with Crippen LogP contribution in [0.4, 0.5) is 11.5 Å². The van der Waals surface area contributed by atoms with Crippen molar-refractivity contribution < 1.29 is 8.42 Å². The molecule has 1 heterocycles. The predicted molar refractivity (Wildman–Crippen MR) is 66.2 cm³/mol. The van der Waals surface area contributed by atoms with Gasteiger partial charge in [-0.25, -0.2) is 13.4 Å². The number of rotatable bonds is 5. The summed E-state index contributed by atoms with van der Waals surface area (Å²) in [6, 6.07) is 3.49. The van der Waals surface area contributed by atoms with Crippen molar-refractivity contribution in [2.75, 3.05) is 29.6 Å². The number of nitriles is 1. The van der Waals surface area contributed by atoms with Crippen LogP contribution in [0.3, 0.4) is 0 Å². The molecule has 0 amide bonds. The van der Waals surface area contributed by atoms with Gasteiger partial charge in [0.25, 0.3) is 0 Å². The molecule has 0 unspecified atom stereocenters. The molecule has 0 aromatic carbocycles. The molecule has 1 aromatic heterocycles. The number of hydrogen-bond acceptors (Lipinski definition) is 6. The highest BCUT2D eigenvalue weighted by molar-refractivity contribution is 7.90. The summed E-state index contributed by atoms with van der Waals surface area (Å²) in [7, 11) is -2.95. The fraction of sp³-hybridized carbons (Fsp3) is 0.400. The van der Waals surface area contributed by atoms with E-state index in [1.807, 2.05) is 6.07 Å². The molecular weight excluding hydrogens is 240 g/mol. The molecule has 0 bridgehead atoms. The highest BCUT2D eigenvalue weighted by Gasteiger charge is 2.05. The van der Waals surface area contributed by atoms with E-state index in [0.717, 1.165) is 0 Å². The normalized spacial score (nSPS) is 10.8. The number of nitrogens with one attached hydrogen (secondary N) is 1. The van der Waals surface area contributed by atoms with Crippen molar-refractivity contribution in [2.45, 2.75) is 6.42 Å². The first-order valence-corrected chi connectivity index (χ1v) is 7.05. The number of anilines is 2. The standard InChI is InChI=1S/C10H14N4O2S/c1-17(15,16)4-2-3-13-10-8(6-11)5-9(12)7-14-10/h5,7H,2-4,12H2,1H3,(H,13,14). The third-order valence-corrected chi connectivity index (χ3v) is 3.04. The first-order valence-electron chi connectivity index (χ1n) is 4.99. The number of nitrogens with zero attached hydrogens (tertiary/aromatic N) is 2. The molecule has 0 aliphatic rings. The maximum atomic E-state index is 10.9. The molecule has 0 saturated heterocycles. The van der Waals surface area contributed by atoms with Crippen LogP contribution in [0.15, 0.2) is 12.3 Å². The molecule has 0 saturated carbocycles. The number of nitrogens with two attached hydrogens (primary N) is 1. The van der Waals surface area contributed by atoms with Crippen LogP contribution in [-0.2, 0) is 9.84 Å². The van der Waals surface area contributed by atoms with E-state index in [-0.39, 0.29) is 5.75 Å². The second kappa shape index (κ2) is 5.50. The molecule has 1 aromatic rings. The molecule has 17 heavy (non-hydrogen) atoms. The Morgan fingerprint density at radius 1 is 1.59 bits per heavy atom. The van der Waals surface area contributed by atoms with Gasteiger partial charge in [-0.3, -0.25) is 0 Å². The molecule has 92 valence electrons. The summed E-state index contributed by atoms with van der Waals surface area (Å²) in [6.45, 7) is 0.443. The monoisotopic (exact) mass is 254 g/mol. The van der Waals surface area contributed by atoms with Gasteiger partial charge < -0.3 is 11.1 Å². The minimum atomic E-state index is -2.95. The van der Waals surface area contributed by atoms with Gasteiger partial charge in [-0.15, -0.1) is 0 Å². The molecule has 0 atom stereocenters. The molecule has 0 aliphatic carbocycles. The van der Waals surface area contributed by atoms with Crippen LogP contribution < -0.4 is 11.1 Å². The summed E-state index contributed by atoms with van der Waals surface area (Å²) in [5.41, 5.74) is 6.27. The van der Waals surface area contributed by atoms with Gasteiger partial charge in [0.15, 0.2) is 0 Å². The zero-order chi connectivity index (χ0) is 12.9. The topological polar surface area (TPSA) is 109 Å². The van der Waals surface area contributed by atoms with Crippen molar-refractivity contribution in [1.29, 1.82) is 5.26 Å². The van der Waals surface area contributed by atoms with Crippen LogP contribution in [0.5, 0.6) is 0 Å². The molecule has 7 heteroatoms. The summed E-state index contributed by atoms with van der Waals surface area (Å²) in [6.07, 6.45) is 3.10. The van der Waals surface area contributed by atoms with Gasteiger partial charge in [-0.05, 0) is 12.5 Å². The first-order chi connectivity index (χ1) is 7.92. The number of aromatic nitrogens is 1. The predicted octanol–water partition coefficient (Wildman–Crippen LogP) is 0.382. The quantitative estimate of drug-likeness (QED) is 0.735. The average Bonchev–Trinajstić information content (AvgIpc) is 2.24. The fourth-order valence-electron chi connectivity index (χ4n) is 1.25. The van der Waals surface area contributed by atoms with Gasteiger partial charge in [0.2, 0.25) is 0 Å². The van der Waals surface area contributed by atoms with E-state index >= 15 is 0 Å². The second-order valence-corrected chi connectivity index (χ2v) is 5.95. The number of pyridine rings is 1. The van der Waals surface area contributed by atoms with Crippen LogP contribution in [-0.4, -0.2) is 32.0 Å². The fourth-order valence-corrected chi connectivity index (χ4v) is 1.92. The Balaban J connectivity index is 2.56. The molecule has 0 spiro atoms. The Bertz CT molecular complexity index is 534. The summed E-state index contributed by atoms with van der Waals surface area (Å²) < 4.78 is 21.8. The van der Waals surface area contributed by atoms with Crippen LogP contribution in [0, 0.1) is 11.3 Å². The minimum absolute atomic E-state index is 0.108. The van der Waals surface area contributed by atoms with Crippen molar-refractivity contribution >= 4 is 21.3 Å². The Kier molecular flexibility index (Phi) is 4.29. The van der Waals surface area contributed by atoms with Crippen LogP contribution in [0.25, 0.3) is 0 Å². The molecule has 1 rings (SSSR count). The van der Waals surface area contributed by atoms with Crippen molar-refractivity contribution in [2.24, 2.45) is 0 Å². The van der Waals surface area contributed by atoms with E-state index in [0.29, 0.717) is 30.0 Å². The largest absolute Gasteiger partial charge is 0.397 e. The Labute approximate surface area is 100 Å². The van der Waals surface area contributed by atoms with Gasteiger partial charge in [-0.2, -0.15) is 5.26 Å². The van der Waals surface area contributed by atoms with E-state index in [1.165, 1.54) is 18.5 Å². The third-order valence-electron chi connectivity index (χ3n) is 2.01. The Morgan fingerprint density at radius 2 is 2.29 bits per heavy atom. The highest BCUT2D eigenvalue weighted by Crippen LogP contribution is 2.13. The average molecular weight is 254 g/mol. The van der Waals surface area contributed by atoms with Crippen molar-refractivity contribution in [3.8, 4) is 6.07 Å². The maximum Gasteiger partial charge on any atom is 0.147 e. The van der Waals surface area contributed by atoms with Crippen LogP contribution in [0.1, 0.15) is 12.0 Å². The van der Waals surface area contributed by atoms with Gasteiger partial charge >= 0.3 is 0 Å². The first kappa shape index (κ1) is 13.3. The van der Waals surface area contributed by atoms with Crippen molar-refractivity contribution in [3.05, 3.63) is 17.8 Å². The van der Waals surface area contributed by atoms with Crippen molar-refractivity contribution in [1.82, 2.24) is 4.98 Å². The molecule has 0 radical (unpaired) electrons. The smallest absolute Gasteiger partial charge is 0.147 e. The summed E-state index contributed by atoms with van der Waals surface area (Å²) >= 11 is 0. The maximum absolute atomic E-state index is 10.9. The van der Waals surface area contributed by atoms with Gasteiger partial charge in [0, 0.05) is 12.8 Å². The SMILES string of the molecule is CS(=O)(=O)CCCNc1ncc(N)cc1C#N. The minimum Gasteiger partial charge on any atom is -0.397 e. The second-order valence-electron chi connectivity index (χ2n) is 3.69. The zero-order valence-corrected chi connectivity index (χ0v) is 10.3. The number of nitrogen functional groups attached to an aromatic ring is 1. The molecule has 3 N–H and O–H groups in total. The van der Waals surface area contributed by atoms with Gasteiger partial charge in [0.1, 0.15) is 21.7 Å². The molecule has 0 aliphatic heterocycles. The van der Waals surface area contributed by atoms with Crippen LogP contribution >= 0.6 is 0 Å². The van der Waals surface area contributed by atoms with E-state index in [2.05, 4.69) is 10.3 Å². The lowest BCUT2D eigenvalue weighted by molar-refractivity contribution is 0.600. The lowest BCUT2D eigenvalue weighted by atomic mass is 10.2. The summed E-state index contributed by atoms with van der Waals surface area (Å²) in [4.78, 5) is 3.97. The third kappa shape index (κ3) is 4.70. The Morgan fingerprint density at radius 3 is 2.88 bits per heavy atom. The lowest BCUT2D eigenvalue weighted by Crippen LogP contribution is -2.11. The van der Waals surface area contributed by atoms with Crippen LogP contribution in [0.2, 0.25) is 0 Å². The summed E-state index contributed by atoms with van der Waals surface area (Å²) in [5, 5.41) is 11.8. The highest BCUT2D eigenvalue weighted by atomic mass is 32.2. The zero-order valence-electron chi connectivity index (χ0n) is 9.47. The van der Waals surface area contributed by atoms with E-state index in [4.69, 9.17) is 11.0 Å². The van der Waals surface area contributed by atoms with Crippen molar-refractivity contribution in [3.63, 3.8) is 0 Å². The van der Waals surface area contributed by atoms with E-state index < -0.39 is 9.84 Å². The van der Waals surface area contributed by atoms with Gasteiger partial charge in [0.05, 0.1) is 23.2 Å². The lowest BCUT2D eigenvalue weighted by Gasteiger charge is -2.06. The van der Waals surface area contributed by atoms with E-state index in [1.54, 1.807) is 0 Å². The van der Waals surface area contributed by atoms with Gasteiger partial charge in [-0.1, -0.05) is 0 Å². The summed E-state index contributed by atoms with van der Waals surface area (Å²) in [5.74, 6) is 0.534. The van der Waals surface area contributed by atoms with E-state index in [9.17, 15) is 8.42 Å². The molecule has 6 nitrogen and oxygen atoms in total. The number of sulfone groups is 1. The number of hydrogen-bond donors (Lipinski definition) is 2. The Hall–Kier alpha value is -1.81. The molecular formula is C10H14N4O2S.